The maximum Gasteiger partial charge on any atom is 0.243 e. The topological polar surface area (TPSA) is 58.2 Å². The lowest BCUT2D eigenvalue weighted by Crippen LogP contribution is -2.25. The SMILES string of the molecule is C=CC(=O)NCCCCCNC(=O)CBr.CC. The molecule has 0 aliphatic carbocycles. The molecule has 2 amide bonds. The van der Waals surface area contributed by atoms with Crippen LogP contribution in [0.3, 0.4) is 0 Å². The number of hydrogen-bond acceptors (Lipinski definition) is 2. The molecular formula is C12H23BrN2O2. The van der Waals surface area contributed by atoms with Gasteiger partial charge in [-0.15, -0.1) is 0 Å². The molecule has 0 bridgehead atoms. The van der Waals surface area contributed by atoms with E-state index in [0.717, 1.165) is 19.3 Å². The Kier molecular flexibility index (Phi) is 16.5. The van der Waals surface area contributed by atoms with E-state index < -0.39 is 0 Å². The smallest absolute Gasteiger partial charge is 0.243 e. The summed E-state index contributed by atoms with van der Waals surface area (Å²) in [5.41, 5.74) is 0. The molecule has 0 atom stereocenters. The number of amides is 2. The fraction of sp³-hybridized carbons (Fsp3) is 0.667. The van der Waals surface area contributed by atoms with Gasteiger partial charge < -0.3 is 10.6 Å². The third-order valence-corrected chi connectivity index (χ3v) is 2.29. The lowest BCUT2D eigenvalue weighted by molar-refractivity contribution is -0.118. The van der Waals surface area contributed by atoms with Gasteiger partial charge in [-0.05, 0) is 25.3 Å². The van der Waals surface area contributed by atoms with Crippen molar-refractivity contribution in [2.75, 3.05) is 18.4 Å². The Hall–Kier alpha value is -0.840. The van der Waals surface area contributed by atoms with Crippen LogP contribution >= 0.6 is 15.9 Å². The standard InChI is InChI=1S/C10H17BrN2O2.C2H6/c1-2-9(14)12-6-4-3-5-7-13-10(15)8-11;1-2/h2H,1,3-8H2,(H,12,14)(H,13,15);1-2H3. The van der Waals surface area contributed by atoms with Crippen LogP contribution in [0.4, 0.5) is 0 Å². The minimum Gasteiger partial charge on any atom is -0.355 e. The van der Waals surface area contributed by atoms with Crippen LogP contribution in [0, 0.1) is 0 Å². The zero-order valence-electron chi connectivity index (χ0n) is 10.7. The van der Waals surface area contributed by atoms with Gasteiger partial charge in [0.2, 0.25) is 11.8 Å². The first-order valence-corrected chi connectivity index (χ1v) is 7.05. The van der Waals surface area contributed by atoms with Gasteiger partial charge in [-0.25, -0.2) is 0 Å². The van der Waals surface area contributed by atoms with E-state index in [1.807, 2.05) is 13.8 Å². The first kappa shape index (κ1) is 18.5. The summed E-state index contributed by atoms with van der Waals surface area (Å²) in [4.78, 5) is 21.5. The van der Waals surface area contributed by atoms with Crippen molar-refractivity contribution in [1.29, 1.82) is 0 Å². The van der Waals surface area contributed by atoms with E-state index in [0.29, 0.717) is 18.4 Å². The van der Waals surface area contributed by atoms with Crippen LogP contribution in [0.1, 0.15) is 33.1 Å². The van der Waals surface area contributed by atoms with Crippen molar-refractivity contribution in [3.05, 3.63) is 12.7 Å². The Morgan fingerprint density at radius 3 is 2.12 bits per heavy atom. The van der Waals surface area contributed by atoms with Crippen LogP contribution < -0.4 is 10.6 Å². The van der Waals surface area contributed by atoms with Crippen LogP contribution in [0.5, 0.6) is 0 Å². The van der Waals surface area contributed by atoms with Gasteiger partial charge in [0, 0.05) is 13.1 Å². The molecule has 0 heterocycles. The van der Waals surface area contributed by atoms with E-state index in [2.05, 4.69) is 33.1 Å². The van der Waals surface area contributed by atoms with E-state index in [1.54, 1.807) is 0 Å². The largest absolute Gasteiger partial charge is 0.355 e. The maximum atomic E-state index is 10.8. The second-order valence-corrected chi connectivity index (χ2v) is 3.60. The monoisotopic (exact) mass is 306 g/mol. The van der Waals surface area contributed by atoms with Crippen LogP contribution in [0.2, 0.25) is 0 Å². The average Bonchev–Trinajstić information content (AvgIpc) is 2.39. The van der Waals surface area contributed by atoms with Crippen molar-refractivity contribution in [3.8, 4) is 0 Å². The summed E-state index contributed by atoms with van der Waals surface area (Å²) in [6.07, 6.45) is 4.10. The van der Waals surface area contributed by atoms with E-state index >= 15 is 0 Å². The van der Waals surface area contributed by atoms with Crippen LogP contribution in [-0.4, -0.2) is 30.2 Å². The van der Waals surface area contributed by atoms with E-state index in [9.17, 15) is 9.59 Å². The highest BCUT2D eigenvalue weighted by atomic mass is 79.9. The fourth-order valence-corrected chi connectivity index (χ4v) is 1.18. The number of carbonyl (C=O) groups is 2. The summed E-state index contributed by atoms with van der Waals surface area (Å²) in [5, 5.41) is 5.79. The highest BCUT2D eigenvalue weighted by molar-refractivity contribution is 9.09. The minimum absolute atomic E-state index is 0.00922. The van der Waals surface area contributed by atoms with Gasteiger partial charge in [0.25, 0.3) is 0 Å². The summed E-state index contributed by atoms with van der Waals surface area (Å²) < 4.78 is 0. The second-order valence-electron chi connectivity index (χ2n) is 3.04. The minimum atomic E-state index is -0.136. The molecule has 2 N–H and O–H groups in total. The molecule has 4 nitrogen and oxygen atoms in total. The van der Waals surface area contributed by atoms with Gasteiger partial charge in [0.15, 0.2) is 0 Å². The summed E-state index contributed by atoms with van der Waals surface area (Å²) in [7, 11) is 0. The van der Waals surface area contributed by atoms with Gasteiger partial charge >= 0.3 is 0 Å². The summed E-state index contributed by atoms with van der Waals surface area (Å²) >= 11 is 3.06. The van der Waals surface area contributed by atoms with Gasteiger partial charge in [0.1, 0.15) is 0 Å². The number of carbonyl (C=O) groups excluding carboxylic acids is 2. The predicted molar refractivity (Wildman–Crippen MR) is 75.2 cm³/mol. The fourth-order valence-electron chi connectivity index (χ4n) is 0.986. The summed E-state index contributed by atoms with van der Waals surface area (Å²) in [6.45, 7) is 8.71. The predicted octanol–water partition coefficient (Wildman–Crippen LogP) is 2.00. The highest BCUT2D eigenvalue weighted by Crippen LogP contribution is 1.92. The third kappa shape index (κ3) is 15.2. The molecular weight excluding hydrogens is 284 g/mol. The molecule has 0 aromatic heterocycles. The van der Waals surface area contributed by atoms with Gasteiger partial charge in [-0.3, -0.25) is 9.59 Å². The zero-order chi connectivity index (χ0) is 13.5. The van der Waals surface area contributed by atoms with Crippen molar-refractivity contribution in [2.24, 2.45) is 0 Å². The molecule has 0 aromatic rings. The summed E-state index contributed by atoms with van der Waals surface area (Å²) in [5.74, 6) is -0.127. The van der Waals surface area contributed by atoms with Crippen molar-refractivity contribution in [1.82, 2.24) is 10.6 Å². The van der Waals surface area contributed by atoms with Crippen molar-refractivity contribution in [2.45, 2.75) is 33.1 Å². The Morgan fingerprint density at radius 1 is 1.12 bits per heavy atom. The number of rotatable bonds is 8. The summed E-state index contributed by atoms with van der Waals surface area (Å²) in [6, 6.07) is 0. The molecule has 0 fully saturated rings. The molecule has 100 valence electrons. The number of hydrogen-bond donors (Lipinski definition) is 2. The zero-order valence-corrected chi connectivity index (χ0v) is 12.3. The van der Waals surface area contributed by atoms with Gasteiger partial charge in [0.05, 0.1) is 5.33 Å². The quantitative estimate of drug-likeness (QED) is 0.409. The Morgan fingerprint density at radius 2 is 1.65 bits per heavy atom. The van der Waals surface area contributed by atoms with Crippen molar-refractivity contribution < 1.29 is 9.59 Å². The number of halogens is 1. The maximum absolute atomic E-state index is 10.8. The molecule has 0 aliphatic rings. The highest BCUT2D eigenvalue weighted by Gasteiger charge is 1.96. The third-order valence-electron chi connectivity index (χ3n) is 1.78. The number of alkyl halides is 1. The van der Waals surface area contributed by atoms with Crippen LogP contribution in [0.25, 0.3) is 0 Å². The second kappa shape index (κ2) is 15.2. The molecule has 0 saturated heterocycles. The average molecular weight is 307 g/mol. The lowest BCUT2D eigenvalue weighted by atomic mass is 10.2. The van der Waals surface area contributed by atoms with E-state index in [1.165, 1.54) is 6.08 Å². The van der Waals surface area contributed by atoms with Crippen LogP contribution in [0.15, 0.2) is 12.7 Å². The Bertz CT molecular complexity index is 221. The molecule has 0 aromatic carbocycles. The number of nitrogens with one attached hydrogen (secondary N) is 2. The molecule has 0 rings (SSSR count). The first-order valence-electron chi connectivity index (χ1n) is 5.93. The Labute approximate surface area is 112 Å². The Balaban J connectivity index is 0. The first-order chi connectivity index (χ1) is 8.20. The van der Waals surface area contributed by atoms with Crippen LogP contribution in [-0.2, 0) is 9.59 Å². The van der Waals surface area contributed by atoms with Crippen molar-refractivity contribution in [3.63, 3.8) is 0 Å². The normalized spacial score (nSPS) is 8.65. The van der Waals surface area contributed by atoms with E-state index in [4.69, 9.17) is 0 Å². The molecule has 0 spiro atoms. The molecule has 0 saturated carbocycles. The molecule has 17 heavy (non-hydrogen) atoms. The van der Waals surface area contributed by atoms with Crippen molar-refractivity contribution >= 4 is 27.7 Å². The molecule has 0 unspecified atom stereocenters. The molecule has 0 radical (unpaired) electrons. The van der Waals surface area contributed by atoms with Gasteiger partial charge in [-0.2, -0.15) is 0 Å². The number of unbranched alkanes of at least 4 members (excludes halogenated alkanes) is 2. The molecule has 0 aliphatic heterocycles. The lowest BCUT2D eigenvalue weighted by Gasteiger charge is -2.03. The van der Waals surface area contributed by atoms with Gasteiger partial charge in [-0.1, -0.05) is 36.4 Å². The molecule has 5 heteroatoms. The van der Waals surface area contributed by atoms with E-state index in [-0.39, 0.29) is 11.8 Å².